The highest BCUT2D eigenvalue weighted by atomic mass is 15.2. The highest BCUT2D eigenvalue weighted by molar-refractivity contribution is 4.79. The van der Waals surface area contributed by atoms with Gasteiger partial charge in [0.2, 0.25) is 0 Å². The molecule has 10 heavy (non-hydrogen) atoms. The van der Waals surface area contributed by atoms with Crippen LogP contribution >= 0.6 is 0 Å². The molecular formula is C9H19N. The lowest BCUT2D eigenvalue weighted by molar-refractivity contribution is 0.105. The minimum absolute atomic E-state index is 0.791. The summed E-state index contributed by atoms with van der Waals surface area (Å²) in [5.74, 6) is 0.932. The van der Waals surface area contributed by atoms with E-state index in [2.05, 4.69) is 32.7 Å². The molecule has 0 aromatic heterocycles. The highest BCUT2D eigenvalue weighted by Crippen LogP contribution is 2.25. The Hall–Kier alpha value is -0.0400. The minimum atomic E-state index is 0.791. The van der Waals surface area contributed by atoms with Crippen LogP contribution in [0.5, 0.6) is 0 Å². The maximum atomic E-state index is 2.49. The van der Waals surface area contributed by atoms with Crippen LogP contribution in [-0.4, -0.2) is 24.0 Å². The number of piperidine rings is 1. The smallest absolute Gasteiger partial charge is 0.00692 e. The van der Waals surface area contributed by atoms with E-state index in [-0.39, 0.29) is 0 Å². The second kappa shape index (κ2) is 2.91. The fourth-order valence-corrected chi connectivity index (χ4v) is 2.03. The summed E-state index contributed by atoms with van der Waals surface area (Å²) >= 11 is 0. The highest BCUT2D eigenvalue weighted by Gasteiger charge is 2.24. The first-order valence-electron chi connectivity index (χ1n) is 4.33. The molecule has 1 fully saturated rings. The van der Waals surface area contributed by atoms with Crippen molar-refractivity contribution in [2.75, 3.05) is 7.05 Å². The molecule has 0 amide bonds. The van der Waals surface area contributed by atoms with E-state index in [9.17, 15) is 0 Å². The number of likely N-dealkylation sites (tertiary alicyclic amines) is 1. The summed E-state index contributed by atoms with van der Waals surface area (Å²) in [5.41, 5.74) is 0. The molecule has 1 aliphatic rings. The van der Waals surface area contributed by atoms with Crippen molar-refractivity contribution in [3.05, 3.63) is 0 Å². The van der Waals surface area contributed by atoms with Gasteiger partial charge in [-0.25, -0.2) is 0 Å². The average molecular weight is 141 g/mol. The van der Waals surface area contributed by atoms with E-state index in [0.29, 0.717) is 0 Å². The number of hydrogen-bond acceptors (Lipinski definition) is 1. The summed E-state index contributed by atoms with van der Waals surface area (Å²) in [6, 6.07) is 1.58. The molecule has 2 unspecified atom stereocenters. The van der Waals surface area contributed by atoms with E-state index in [1.54, 1.807) is 0 Å². The van der Waals surface area contributed by atoms with E-state index < -0.39 is 0 Å². The third kappa shape index (κ3) is 1.51. The van der Waals surface area contributed by atoms with Crippen molar-refractivity contribution in [2.24, 2.45) is 5.92 Å². The van der Waals surface area contributed by atoms with Gasteiger partial charge >= 0.3 is 0 Å². The molecule has 0 aromatic carbocycles. The molecule has 0 saturated carbocycles. The van der Waals surface area contributed by atoms with Gasteiger partial charge in [0.15, 0.2) is 0 Å². The van der Waals surface area contributed by atoms with Crippen LogP contribution in [0.15, 0.2) is 0 Å². The lowest BCUT2D eigenvalue weighted by Crippen LogP contribution is -2.43. The average Bonchev–Trinajstić information content (AvgIpc) is 1.82. The molecule has 1 heterocycles. The van der Waals surface area contributed by atoms with Crippen molar-refractivity contribution in [1.29, 1.82) is 0 Å². The van der Waals surface area contributed by atoms with Gasteiger partial charge in [0.05, 0.1) is 0 Å². The monoisotopic (exact) mass is 141 g/mol. The first kappa shape index (κ1) is 8.06. The van der Waals surface area contributed by atoms with Crippen LogP contribution in [-0.2, 0) is 0 Å². The molecule has 0 N–H and O–H groups in total. The van der Waals surface area contributed by atoms with Crippen molar-refractivity contribution < 1.29 is 0 Å². The number of rotatable bonds is 0. The second-order valence-corrected chi connectivity index (χ2v) is 3.94. The van der Waals surface area contributed by atoms with Gasteiger partial charge in [-0.2, -0.15) is 0 Å². The predicted molar refractivity (Wildman–Crippen MR) is 45.1 cm³/mol. The van der Waals surface area contributed by atoms with Crippen molar-refractivity contribution in [3.63, 3.8) is 0 Å². The molecule has 1 nitrogen and oxygen atoms in total. The minimum Gasteiger partial charge on any atom is -0.301 e. The van der Waals surface area contributed by atoms with E-state index in [0.717, 1.165) is 18.0 Å². The molecule has 1 saturated heterocycles. The van der Waals surface area contributed by atoms with E-state index in [1.807, 2.05) is 0 Å². The summed E-state index contributed by atoms with van der Waals surface area (Å²) in [6.45, 7) is 7.01. The zero-order chi connectivity index (χ0) is 7.72. The van der Waals surface area contributed by atoms with Crippen molar-refractivity contribution in [2.45, 2.75) is 45.7 Å². The van der Waals surface area contributed by atoms with Gasteiger partial charge < -0.3 is 4.90 Å². The maximum Gasteiger partial charge on any atom is 0.00692 e. The van der Waals surface area contributed by atoms with Crippen LogP contribution in [0.25, 0.3) is 0 Å². The van der Waals surface area contributed by atoms with Gasteiger partial charge in [0, 0.05) is 12.1 Å². The standard InChI is InChI=1S/C9H19N/c1-7-5-8(2)10(4)9(3)6-7/h7-9H,5-6H2,1-4H3. The fraction of sp³-hybridized carbons (Fsp3) is 1.00. The molecule has 0 spiro atoms. The van der Waals surface area contributed by atoms with Gasteiger partial charge in [0.25, 0.3) is 0 Å². The lowest BCUT2D eigenvalue weighted by atomic mass is 9.89. The molecule has 1 heteroatoms. The third-order valence-corrected chi connectivity index (χ3v) is 2.88. The SMILES string of the molecule is CC1CC(C)N(C)C(C)C1. The van der Waals surface area contributed by atoms with E-state index in [4.69, 9.17) is 0 Å². The molecule has 0 radical (unpaired) electrons. The van der Waals surface area contributed by atoms with Crippen LogP contribution in [0.4, 0.5) is 0 Å². The Bertz CT molecular complexity index is 99.3. The second-order valence-electron chi connectivity index (χ2n) is 3.94. The Labute approximate surface area is 64.4 Å². The van der Waals surface area contributed by atoms with Gasteiger partial charge in [0.1, 0.15) is 0 Å². The molecule has 0 aromatic rings. The van der Waals surface area contributed by atoms with Crippen molar-refractivity contribution in [1.82, 2.24) is 4.90 Å². The largest absolute Gasteiger partial charge is 0.301 e. The van der Waals surface area contributed by atoms with Gasteiger partial charge in [-0.3, -0.25) is 0 Å². The van der Waals surface area contributed by atoms with Gasteiger partial charge in [-0.1, -0.05) is 6.92 Å². The Balaban J connectivity index is 2.49. The summed E-state index contributed by atoms with van der Waals surface area (Å²) in [5, 5.41) is 0. The molecule has 0 aliphatic carbocycles. The molecular weight excluding hydrogens is 122 g/mol. The Kier molecular flexibility index (Phi) is 2.35. The molecule has 2 atom stereocenters. The third-order valence-electron chi connectivity index (χ3n) is 2.88. The van der Waals surface area contributed by atoms with Crippen LogP contribution in [0.2, 0.25) is 0 Å². The molecule has 1 aliphatic heterocycles. The lowest BCUT2D eigenvalue weighted by Gasteiger charge is -2.39. The Morgan fingerprint density at radius 2 is 1.40 bits per heavy atom. The number of nitrogens with zero attached hydrogens (tertiary/aromatic N) is 1. The summed E-state index contributed by atoms with van der Waals surface area (Å²) < 4.78 is 0. The maximum absolute atomic E-state index is 2.49. The van der Waals surface area contributed by atoms with Crippen LogP contribution in [0.1, 0.15) is 33.6 Å². The van der Waals surface area contributed by atoms with Gasteiger partial charge in [-0.15, -0.1) is 0 Å². The quantitative estimate of drug-likeness (QED) is 0.499. The topological polar surface area (TPSA) is 3.24 Å². The molecule has 1 rings (SSSR count). The molecule has 60 valence electrons. The van der Waals surface area contributed by atoms with Crippen molar-refractivity contribution >= 4 is 0 Å². The number of hydrogen-bond donors (Lipinski definition) is 0. The van der Waals surface area contributed by atoms with Crippen LogP contribution in [0.3, 0.4) is 0 Å². The van der Waals surface area contributed by atoms with Crippen LogP contribution in [0, 0.1) is 5.92 Å². The van der Waals surface area contributed by atoms with Crippen molar-refractivity contribution in [3.8, 4) is 0 Å². The Morgan fingerprint density at radius 1 is 1.00 bits per heavy atom. The normalized spacial score (nSPS) is 43.8. The first-order valence-corrected chi connectivity index (χ1v) is 4.33. The predicted octanol–water partition coefficient (Wildman–Crippen LogP) is 2.13. The van der Waals surface area contributed by atoms with Gasteiger partial charge in [-0.05, 0) is 39.7 Å². The molecule has 0 bridgehead atoms. The fourth-order valence-electron chi connectivity index (χ4n) is 2.03. The zero-order valence-corrected chi connectivity index (χ0v) is 7.59. The summed E-state index contributed by atoms with van der Waals surface area (Å²) in [7, 11) is 2.24. The van der Waals surface area contributed by atoms with E-state index in [1.165, 1.54) is 12.8 Å². The first-order chi connectivity index (χ1) is 4.61. The van der Waals surface area contributed by atoms with Crippen LogP contribution < -0.4 is 0 Å². The zero-order valence-electron chi connectivity index (χ0n) is 7.59. The summed E-state index contributed by atoms with van der Waals surface area (Å²) in [4.78, 5) is 2.49. The summed E-state index contributed by atoms with van der Waals surface area (Å²) in [6.07, 6.45) is 2.75. The Morgan fingerprint density at radius 3 is 1.80 bits per heavy atom. The van der Waals surface area contributed by atoms with E-state index >= 15 is 0 Å².